The normalized spacial score (nSPS) is 16.9. The van der Waals surface area contributed by atoms with E-state index in [1.807, 2.05) is 13.8 Å². The Bertz CT molecular complexity index is 399. The number of hydrogen-bond donors (Lipinski definition) is 2. The van der Waals surface area contributed by atoms with Crippen LogP contribution in [0.5, 0.6) is 0 Å². The van der Waals surface area contributed by atoms with Crippen molar-refractivity contribution in [3.63, 3.8) is 0 Å². The van der Waals surface area contributed by atoms with E-state index in [1.54, 1.807) is 0 Å². The van der Waals surface area contributed by atoms with Crippen molar-refractivity contribution >= 4 is 5.91 Å². The van der Waals surface area contributed by atoms with Crippen LogP contribution >= 0.6 is 0 Å². The zero-order chi connectivity index (χ0) is 12.5. The van der Waals surface area contributed by atoms with E-state index in [1.165, 1.54) is 25.7 Å². The summed E-state index contributed by atoms with van der Waals surface area (Å²) in [6.07, 6.45) is 4.92. The van der Waals surface area contributed by atoms with Crippen molar-refractivity contribution in [2.45, 2.75) is 46.5 Å². The number of carbonyl (C=O) groups excluding carboxylic acids is 1. The highest BCUT2D eigenvalue weighted by Crippen LogP contribution is 2.48. The summed E-state index contributed by atoms with van der Waals surface area (Å²) in [7, 11) is 0. The number of aryl methyl sites for hydroxylation is 2. The van der Waals surface area contributed by atoms with Crippen LogP contribution in [0.1, 0.15) is 54.4 Å². The predicted octanol–water partition coefficient (Wildman–Crippen LogP) is 2.34. The second-order valence-electron chi connectivity index (χ2n) is 5.24. The Morgan fingerprint density at radius 2 is 2.18 bits per heavy atom. The smallest absolute Gasteiger partial charge is 0.255 e. The van der Waals surface area contributed by atoms with Crippen LogP contribution in [0.15, 0.2) is 0 Å². The second-order valence-corrected chi connectivity index (χ2v) is 5.24. The molecule has 1 aromatic rings. The van der Waals surface area contributed by atoms with Crippen molar-refractivity contribution in [3.05, 3.63) is 17.0 Å². The molecular formula is C13H21N3O. The van der Waals surface area contributed by atoms with Gasteiger partial charge < -0.3 is 5.32 Å². The Morgan fingerprint density at radius 3 is 2.65 bits per heavy atom. The molecule has 1 aliphatic carbocycles. The van der Waals surface area contributed by atoms with Gasteiger partial charge in [0.1, 0.15) is 0 Å². The summed E-state index contributed by atoms with van der Waals surface area (Å²) >= 11 is 0. The van der Waals surface area contributed by atoms with Gasteiger partial charge in [-0.3, -0.25) is 9.89 Å². The van der Waals surface area contributed by atoms with Gasteiger partial charge in [0, 0.05) is 12.2 Å². The molecule has 0 unspecified atom stereocenters. The monoisotopic (exact) mass is 235 g/mol. The molecule has 0 aromatic carbocycles. The summed E-state index contributed by atoms with van der Waals surface area (Å²) in [6.45, 7) is 6.75. The number of rotatable bonds is 5. The van der Waals surface area contributed by atoms with E-state index in [0.29, 0.717) is 11.0 Å². The lowest BCUT2D eigenvalue weighted by Gasteiger charge is -2.14. The lowest BCUT2D eigenvalue weighted by molar-refractivity contribution is 0.0942. The van der Waals surface area contributed by atoms with Gasteiger partial charge in [0.15, 0.2) is 0 Å². The molecule has 17 heavy (non-hydrogen) atoms. The van der Waals surface area contributed by atoms with Crippen molar-refractivity contribution in [2.75, 3.05) is 6.54 Å². The van der Waals surface area contributed by atoms with E-state index in [0.717, 1.165) is 17.9 Å². The summed E-state index contributed by atoms with van der Waals surface area (Å²) < 4.78 is 0. The summed E-state index contributed by atoms with van der Waals surface area (Å²) in [4.78, 5) is 12.1. The van der Waals surface area contributed by atoms with Crippen LogP contribution in [0.25, 0.3) is 0 Å². The topological polar surface area (TPSA) is 57.8 Å². The SMILES string of the molecule is CCCC1(CNC(=O)c2c(C)n[nH]c2C)CC1. The number of amides is 1. The highest BCUT2D eigenvalue weighted by molar-refractivity contribution is 5.96. The molecule has 4 heteroatoms. The molecule has 94 valence electrons. The first-order chi connectivity index (χ1) is 8.08. The van der Waals surface area contributed by atoms with Crippen molar-refractivity contribution in [3.8, 4) is 0 Å². The first kappa shape index (κ1) is 12.1. The van der Waals surface area contributed by atoms with E-state index in [9.17, 15) is 4.79 Å². The van der Waals surface area contributed by atoms with Crippen LogP contribution in [0.4, 0.5) is 0 Å². The van der Waals surface area contributed by atoms with Crippen molar-refractivity contribution < 1.29 is 4.79 Å². The maximum Gasteiger partial charge on any atom is 0.255 e. The molecule has 0 atom stereocenters. The molecule has 2 rings (SSSR count). The number of nitrogens with one attached hydrogen (secondary N) is 2. The van der Waals surface area contributed by atoms with E-state index in [2.05, 4.69) is 22.4 Å². The maximum absolute atomic E-state index is 12.1. The molecule has 0 radical (unpaired) electrons. The molecule has 1 aliphatic rings. The first-order valence-electron chi connectivity index (χ1n) is 6.38. The predicted molar refractivity (Wildman–Crippen MR) is 67.0 cm³/mol. The quantitative estimate of drug-likeness (QED) is 0.823. The third-order valence-electron chi connectivity index (χ3n) is 3.72. The fourth-order valence-corrected chi connectivity index (χ4v) is 2.46. The summed E-state index contributed by atoms with van der Waals surface area (Å²) in [6, 6.07) is 0. The van der Waals surface area contributed by atoms with Gasteiger partial charge in [0.25, 0.3) is 5.91 Å². The maximum atomic E-state index is 12.1. The highest BCUT2D eigenvalue weighted by atomic mass is 16.1. The zero-order valence-corrected chi connectivity index (χ0v) is 10.9. The van der Waals surface area contributed by atoms with Crippen molar-refractivity contribution in [2.24, 2.45) is 5.41 Å². The Kier molecular flexibility index (Phi) is 3.22. The third-order valence-corrected chi connectivity index (χ3v) is 3.72. The van der Waals surface area contributed by atoms with Crippen molar-refractivity contribution in [1.29, 1.82) is 0 Å². The van der Waals surface area contributed by atoms with Gasteiger partial charge in [-0.05, 0) is 38.5 Å². The number of aromatic amines is 1. The van der Waals surface area contributed by atoms with Crippen LogP contribution in [0.3, 0.4) is 0 Å². The Hall–Kier alpha value is -1.32. The zero-order valence-electron chi connectivity index (χ0n) is 10.9. The Morgan fingerprint density at radius 1 is 1.47 bits per heavy atom. The highest BCUT2D eigenvalue weighted by Gasteiger charge is 2.41. The largest absolute Gasteiger partial charge is 0.351 e. The average Bonchev–Trinajstić information content (AvgIpc) is 2.97. The van der Waals surface area contributed by atoms with Gasteiger partial charge in [0.2, 0.25) is 0 Å². The van der Waals surface area contributed by atoms with Crippen LogP contribution in [0.2, 0.25) is 0 Å². The lowest BCUT2D eigenvalue weighted by atomic mass is 10.0. The standard InChI is InChI=1S/C13H21N3O/c1-4-5-13(6-7-13)8-14-12(17)11-9(2)15-16-10(11)3/h4-8H2,1-3H3,(H,14,17)(H,15,16). The van der Waals surface area contributed by atoms with E-state index in [4.69, 9.17) is 0 Å². The van der Waals surface area contributed by atoms with Crippen LogP contribution in [0, 0.1) is 19.3 Å². The van der Waals surface area contributed by atoms with Gasteiger partial charge in [-0.25, -0.2) is 0 Å². The number of carbonyl (C=O) groups is 1. The molecule has 2 N–H and O–H groups in total. The molecule has 1 aromatic heterocycles. The molecular weight excluding hydrogens is 214 g/mol. The molecule has 1 saturated carbocycles. The van der Waals surface area contributed by atoms with Gasteiger partial charge >= 0.3 is 0 Å². The lowest BCUT2D eigenvalue weighted by Crippen LogP contribution is -2.30. The average molecular weight is 235 g/mol. The van der Waals surface area contributed by atoms with Crippen LogP contribution < -0.4 is 5.32 Å². The third kappa shape index (κ3) is 2.51. The van der Waals surface area contributed by atoms with Crippen LogP contribution in [-0.4, -0.2) is 22.6 Å². The van der Waals surface area contributed by atoms with Crippen LogP contribution in [-0.2, 0) is 0 Å². The molecule has 0 aliphatic heterocycles. The van der Waals surface area contributed by atoms with Gasteiger partial charge in [-0.15, -0.1) is 0 Å². The van der Waals surface area contributed by atoms with Gasteiger partial charge in [-0.2, -0.15) is 5.10 Å². The molecule has 1 heterocycles. The van der Waals surface area contributed by atoms with Gasteiger partial charge in [0.05, 0.1) is 11.3 Å². The summed E-state index contributed by atoms with van der Waals surface area (Å²) in [5.41, 5.74) is 2.73. The number of H-pyrrole nitrogens is 1. The Labute approximate surface area is 102 Å². The number of hydrogen-bond acceptors (Lipinski definition) is 2. The first-order valence-corrected chi connectivity index (χ1v) is 6.38. The van der Waals surface area contributed by atoms with E-state index in [-0.39, 0.29) is 5.91 Å². The molecule has 1 amide bonds. The van der Waals surface area contributed by atoms with E-state index >= 15 is 0 Å². The van der Waals surface area contributed by atoms with Gasteiger partial charge in [-0.1, -0.05) is 13.3 Å². The Balaban J connectivity index is 1.94. The molecule has 0 bridgehead atoms. The fourth-order valence-electron chi connectivity index (χ4n) is 2.46. The minimum absolute atomic E-state index is 0.0103. The molecule has 1 fully saturated rings. The number of nitrogens with zero attached hydrogens (tertiary/aromatic N) is 1. The fraction of sp³-hybridized carbons (Fsp3) is 0.692. The second kappa shape index (κ2) is 4.51. The molecule has 0 spiro atoms. The molecule has 4 nitrogen and oxygen atoms in total. The number of aromatic nitrogens is 2. The van der Waals surface area contributed by atoms with E-state index < -0.39 is 0 Å². The minimum atomic E-state index is 0.0103. The molecule has 0 saturated heterocycles. The van der Waals surface area contributed by atoms with Crippen molar-refractivity contribution in [1.82, 2.24) is 15.5 Å². The minimum Gasteiger partial charge on any atom is -0.351 e. The summed E-state index contributed by atoms with van der Waals surface area (Å²) in [5, 5.41) is 9.95. The summed E-state index contributed by atoms with van der Waals surface area (Å²) in [5.74, 6) is 0.0103.